The van der Waals surface area contributed by atoms with Gasteiger partial charge >= 0.3 is 0 Å². The van der Waals surface area contributed by atoms with Crippen molar-refractivity contribution < 1.29 is 9.47 Å². The topological polar surface area (TPSA) is 30.8 Å². The molecule has 2 aromatic rings. The highest BCUT2D eigenvalue weighted by Crippen LogP contribution is 2.60. The molecule has 4 saturated carbocycles. The van der Waals surface area contributed by atoms with Crippen LogP contribution in [0.2, 0.25) is 0 Å². The van der Waals surface area contributed by atoms with Crippen LogP contribution >= 0.6 is 0 Å². The van der Waals surface area contributed by atoms with Gasteiger partial charge in [0.05, 0.1) is 19.9 Å². The Morgan fingerprint density at radius 3 is 2.07 bits per heavy atom. The van der Waals surface area contributed by atoms with Crippen molar-refractivity contribution in [2.45, 2.75) is 43.9 Å². The van der Waals surface area contributed by atoms with Crippen molar-refractivity contribution in [1.82, 2.24) is 0 Å². The molecule has 0 N–H and O–H groups in total. The fourth-order valence-electron chi connectivity index (χ4n) is 6.52. The summed E-state index contributed by atoms with van der Waals surface area (Å²) < 4.78 is 10.9. The first kappa shape index (κ1) is 17.8. The Balaban J connectivity index is 1.37. The molecule has 0 aliphatic heterocycles. The summed E-state index contributed by atoms with van der Waals surface area (Å²) in [6.07, 6.45) is 10.5. The number of nitrogens with zero attached hydrogens (tertiary/aromatic N) is 1. The number of aliphatic imine (C=N–C) groups is 1. The van der Waals surface area contributed by atoms with Gasteiger partial charge in [0, 0.05) is 11.8 Å². The summed E-state index contributed by atoms with van der Waals surface area (Å²) in [6, 6.07) is 14.9. The third kappa shape index (κ3) is 3.01. The molecule has 3 heteroatoms. The van der Waals surface area contributed by atoms with E-state index in [9.17, 15) is 0 Å². The molecule has 0 radical (unpaired) electrons. The standard InChI is InChI=1S/C25H29NO2/c1-27-23-5-3-4-20(24(23)28-2)16-26-22-8-6-21(7-9-22)25-13-17-10-18(14-25)12-19(11-17)15-25/h3-9,16-19H,10-15H2,1-2H3. The lowest BCUT2D eigenvalue weighted by Gasteiger charge is -2.57. The van der Waals surface area contributed by atoms with Crippen molar-refractivity contribution in [2.75, 3.05) is 14.2 Å². The normalized spacial score (nSPS) is 30.7. The summed E-state index contributed by atoms with van der Waals surface area (Å²) in [7, 11) is 3.32. The zero-order chi connectivity index (χ0) is 19.1. The Kier molecular flexibility index (Phi) is 4.41. The maximum atomic E-state index is 5.50. The van der Waals surface area contributed by atoms with E-state index in [-0.39, 0.29) is 0 Å². The molecule has 0 unspecified atom stereocenters. The van der Waals surface area contributed by atoms with E-state index in [4.69, 9.17) is 9.47 Å². The molecule has 0 atom stereocenters. The van der Waals surface area contributed by atoms with Crippen LogP contribution in [0.4, 0.5) is 5.69 Å². The summed E-state index contributed by atoms with van der Waals surface area (Å²) in [4.78, 5) is 4.69. The van der Waals surface area contributed by atoms with Crippen LogP contribution in [0.5, 0.6) is 11.5 Å². The highest BCUT2D eigenvalue weighted by molar-refractivity contribution is 5.86. The highest BCUT2D eigenvalue weighted by atomic mass is 16.5. The molecule has 0 saturated heterocycles. The molecule has 4 bridgehead atoms. The van der Waals surface area contributed by atoms with Gasteiger partial charge in [-0.25, -0.2) is 0 Å². The van der Waals surface area contributed by atoms with Crippen LogP contribution in [-0.2, 0) is 5.41 Å². The number of rotatable bonds is 5. The van der Waals surface area contributed by atoms with E-state index in [1.54, 1.807) is 19.8 Å². The van der Waals surface area contributed by atoms with Gasteiger partial charge in [-0.05, 0) is 91.5 Å². The maximum absolute atomic E-state index is 5.50. The van der Waals surface area contributed by atoms with Crippen LogP contribution in [0.15, 0.2) is 47.5 Å². The number of benzene rings is 2. The predicted octanol–water partition coefficient (Wildman–Crippen LogP) is 5.92. The van der Waals surface area contributed by atoms with Crippen LogP contribution in [-0.4, -0.2) is 20.4 Å². The largest absolute Gasteiger partial charge is 0.493 e. The molecule has 4 aliphatic carbocycles. The fraction of sp³-hybridized carbons (Fsp3) is 0.480. The van der Waals surface area contributed by atoms with E-state index in [1.165, 1.54) is 38.5 Å². The van der Waals surface area contributed by atoms with Gasteiger partial charge in [0.2, 0.25) is 0 Å². The lowest BCUT2D eigenvalue weighted by Crippen LogP contribution is -2.48. The third-order valence-corrected chi connectivity index (χ3v) is 7.30. The van der Waals surface area contributed by atoms with Gasteiger partial charge in [-0.1, -0.05) is 18.2 Å². The summed E-state index contributed by atoms with van der Waals surface area (Å²) in [5, 5.41) is 0. The Morgan fingerprint density at radius 1 is 0.857 bits per heavy atom. The molecular weight excluding hydrogens is 346 g/mol. The molecule has 28 heavy (non-hydrogen) atoms. The van der Waals surface area contributed by atoms with Crippen LogP contribution in [0, 0.1) is 17.8 Å². The second-order valence-corrected chi connectivity index (χ2v) is 9.09. The van der Waals surface area contributed by atoms with Crippen molar-refractivity contribution in [3.8, 4) is 11.5 Å². The van der Waals surface area contributed by atoms with Crippen molar-refractivity contribution in [2.24, 2.45) is 22.7 Å². The summed E-state index contributed by atoms with van der Waals surface area (Å²) in [6.45, 7) is 0. The molecule has 4 fully saturated rings. The van der Waals surface area contributed by atoms with Gasteiger partial charge in [-0.2, -0.15) is 0 Å². The second kappa shape index (κ2) is 6.95. The van der Waals surface area contributed by atoms with E-state index >= 15 is 0 Å². The number of hydrogen-bond acceptors (Lipinski definition) is 3. The summed E-state index contributed by atoms with van der Waals surface area (Å²) >= 11 is 0. The highest BCUT2D eigenvalue weighted by Gasteiger charge is 2.51. The third-order valence-electron chi connectivity index (χ3n) is 7.30. The molecule has 3 nitrogen and oxygen atoms in total. The number of para-hydroxylation sites is 1. The van der Waals surface area contributed by atoms with Crippen molar-refractivity contribution in [3.05, 3.63) is 53.6 Å². The Morgan fingerprint density at radius 2 is 1.50 bits per heavy atom. The van der Waals surface area contributed by atoms with Gasteiger partial charge in [0.25, 0.3) is 0 Å². The first-order chi connectivity index (χ1) is 13.7. The number of ether oxygens (including phenoxy) is 2. The average Bonchev–Trinajstić information content (AvgIpc) is 2.71. The van der Waals surface area contributed by atoms with E-state index < -0.39 is 0 Å². The first-order valence-corrected chi connectivity index (χ1v) is 10.5. The summed E-state index contributed by atoms with van der Waals surface area (Å²) in [5.74, 6) is 4.38. The van der Waals surface area contributed by atoms with Gasteiger partial charge < -0.3 is 9.47 Å². The molecule has 2 aromatic carbocycles. The predicted molar refractivity (Wildman–Crippen MR) is 113 cm³/mol. The molecule has 0 amide bonds. The lowest BCUT2D eigenvalue weighted by atomic mass is 9.48. The Labute approximate surface area is 167 Å². The number of methoxy groups -OCH3 is 2. The smallest absolute Gasteiger partial charge is 0.169 e. The molecule has 0 heterocycles. The molecule has 0 aromatic heterocycles. The Bertz CT molecular complexity index is 849. The van der Waals surface area contributed by atoms with Crippen LogP contribution in [0.25, 0.3) is 0 Å². The fourth-order valence-corrected chi connectivity index (χ4v) is 6.52. The lowest BCUT2D eigenvalue weighted by molar-refractivity contribution is -0.00518. The zero-order valence-electron chi connectivity index (χ0n) is 16.9. The van der Waals surface area contributed by atoms with Crippen LogP contribution < -0.4 is 9.47 Å². The zero-order valence-corrected chi connectivity index (χ0v) is 16.9. The van der Waals surface area contributed by atoms with Crippen molar-refractivity contribution >= 4 is 11.9 Å². The minimum absolute atomic E-state index is 0.451. The van der Waals surface area contributed by atoms with Gasteiger partial charge in [0.15, 0.2) is 11.5 Å². The van der Waals surface area contributed by atoms with Gasteiger partial charge in [-0.3, -0.25) is 4.99 Å². The molecule has 4 aliphatic rings. The number of hydrogen-bond donors (Lipinski definition) is 0. The van der Waals surface area contributed by atoms with Crippen molar-refractivity contribution in [1.29, 1.82) is 0 Å². The molecule has 6 rings (SSSR count). The Hall–Kier alpha value is -2.29. The maximum Gasteiger partial charge on any atom is 0.169 e. The minimum atomic E-state index is 0.451. The van der Waals surface area contributed by atoms with Crippen molar-refractivity contribution in [3.63, 3.8) is 0 Å². The molecule has 146 valence electrons. The van der Waals surface area contributed by atoms with E-state index in [0.29, 0.717) is 5.41 Å². The van der Waals surface area contributed by atoms with Crippen LogP contribution in [0.3, 0.4) is 0 Å². The average molecular weight is 376 g/mol. The molecular formula is C25H29NO2. The monoisotopic (exact) mass is 375 g/mol. The van der Waals surface area contributed by atoms with Gasteiger partial charge in [0.1, 0.15) is 0 Å². The summed E-state index contributed by atoms with van der Waals surface area (Å²) in [5.41, 5.74) is 3.90. The van der Waals surface area contributed by atoms with Crippen LogP contribution in [0.1, 0.15) is 49.7 Å². The quantitative estimate of drug-likeness (QED) is 0.607. The minimum Gasteiger partial charge on any atom is -0.493 e. The van der Waals surface area contributed by atoms with Gasteiger partial charge in [-0.15, -0.1) is 0 Å². The SMILES string of the molecule is COc1cccc(C=Nc2ccc(C34CC5CC(CC(C5)C3)C4)cc2)c1OC. The second-order valence-electron chi connectivity index (χ2n) is 9.09. The first-order valence-electron chi connectivity index (χ1n) is 10.5. The van der Waals surface area contributed by atoms with E-state index in [2.05, 4.69) is 29.3 Å². The van der Waals surface area contributed by atoms with E-state index in [1.807, 2.05) is 24.4 Å². The van der Waals surface area contributed by atoms with E-state index in [0.717, 1.165) is 40.5 Å². The molecule has 0 spiro atoms.